The minimum absolute atomic E-state index is 0.929. The second-order valence-electron chi connectivity index (χ2n) is 3.48. The predicted octanol–water partition coefficient (Wildman–Crippen LogP) is 2.47. The van der Waals surface area contributed by atoms with Crippen molar-refractivity contribution in [3.8, 4) is 0 Å². The molecule has 0 aromatic carbocycles. The van der Waals surface area contributed by atoms with Crippen LogP contribution < -0.4 is 5.32 Å². The summed E-state index contributed by atoms with van der Waals surface area (Å²) in [6, 6.07) is 0. The summed E-state index contributed by atoms with van der Waals surface area (Å²) in [6.07, 6.45) is 7.37. The molecule has 12 heavy (non-hydrogen) atoms. The number of fused-ring (bicyclic) bond motifs is 2. The van der Waals surface area contributed by atoms with Gasteiger partial charge in [0.05, 0.1) is 0 Å². The fourth-order valence-electron chi connectivity index (χ4n) is 2.18. The summed E-state index contributed by atoms with van der Waals surface area (Å²) in [6.45, 7) is 5.18. The minimum atomic E-state index is 0.929. The van der Waals surface area contributed by atoms with Gasteiger partial charge in [0.2, 0.25) is 0 Å². The van der Waals surface area contributed by atoms with Crippen molar-refractivity contribution in [1.82, 2.24) is 5.32 Å². The number of nitrogens with one attached hydrogen (secondary N) is 1. The Kier molecular flexibility index (Phi) is 1.95. The Morgan fingerprint density at radius 1 is 1.42 bits per heavy atom. The molecule has 3 aliphatic rings. The minimum Gasteiger partial charge on any atom is -0.385 e. The third kappa shape index (κ3) is 1.08. The van der Waals surface area contributed by atoms with Crippen molar-refractivity contribution < 1.29 is 0 Å². The van der Waals surface area contributed by atoms with Gasteiger partial charge >= 0.3 is 0 Å². The van der Waals surface area contributed by atoms with Crippen LogP contribution >= 0.6 is 0 Å². The number of hydrogen-bond donors (Lipinski definition) is 1. The average molecular weight is 163 g/mol. The van der Waals surface area contributed by atoms with Crippen LogP contribution in [0.1, 0.15) is 26.7 Å². The van der Waals surface area contributed by atoms with Crippen LogP contribution in [-0.4, -0.2) is 6.54 Å². The Morgan fingerprint density at radius 2 is 2.25 bits per heavy atom. The highest BCUT2D eigenvalue weighted by Crippen LogP contribution is 2.50. The summed E-state index contributed by atoms with van der Waals surface area (Å²) in [5.74, 6) is 1.88. The molecule has 1 heteroatoms. The zero-order valence-corrected chi connectivity index (χ0v) is 7.93. The van der Waals surface area contributed by atoms with Crippen LogP contribution in [0.5, 0.6) is 0 Å². The maximum Gasteiger partial charge on any atom is 0.0332 e. The fraction of sp³-hybridized carbons (Fsp3) is 0.636. The Morgan fingerprint density at radius 3 is 3.08 bits per heavy atom. The lowest BCUT2D eigenvalue weighted by molar-refractivity contribution is 0.846. The van der Waals surface area contributed by atoms with E-state index in [0.29, 0.717) is 0 Å². The third-order valence-corrected chi connectivity index (χ3v) is 2.85. The van der Waals surface area contributed by atoms with Crippen molar-refractivity contribution in [3.05, 3.63) is 23.4 Å². The van der Waals surface area contributed by atoms with Crippen molar-refractivity contribution in [2.75, 3.05) is 6.54 Å². The lowest BCUT2D eigenvalue weighted by Gasteiger charge is -2.05. The molecule has 66 valence electrons. The van der Waals surface area contributed by atoms with E-state index in [9.17, 15) is 0 Å². The van der Waals surface area contributed by atoms with Crippen molar-refractivity contribution in [1.29, 1.82) is 0 Å². The quantitative estimate of drug-likeness (QED) is 0.578. The summed E-state index contributed by atoms with van der Waals surface area (Å²) in [4.78, 5) is 0. The summed E-state index contributed by atoms with van der Waals surface area (Å²) in [7, 11) is 0. The van der Waals surface area contributed by atoms with Crippen LogP contribution in [0.15, 0.2) is 23.4 Å². The monoisotopic (exact) mass is 163 g/mol. The number of rotatable bonds is 0. The number of hydrogen-bond acceptors (Lipinski definition) is 1. The van der Waals surface area contributed by atoms with Gasteiger partial charge in [-0.25, -0.2) is 0 Å². The molecule has 1 aliphatic heterocycles. The Bertz CT molecular complexity index is 237. The van der Waals surface area contributed by atoms with Gasteiger partial charge in [-0.15, -0.1) is 0 Å². The molecule has 0 radical (unpaired) electrons. The van der Waals surface area contributed by atoms with Crippen molar-refractivity contribution in [2.45, 2.75) is 26.7 Å². The third-order valence-electron chi connectivity index (χ3n) is 2.85. The van der Waals surface area contributed by atoms with Crippen LogP contribution in [0.4, 0.5) is 0 Å². The highest BCUT2D eigenvalue weighted by atomic mass is 14.9. The molecule has 2 aliphatic carbocycles. The Balaban J connectivity index is 0.000000264. The molecule has 0 amide bonds. The molecular weight excluding hydrogens is 146 g/mol. The van der Waals surface area contributed by atoms with Crippen LogP contribution in [-0.2, 0) is 0 Å². The molecule has 0 aromatic rings. The fourth-order valence-corrected chi connectivity index (χ4v) is 2.18. The lowest BCUT2D eigenvalue weighted by Crippen LogP contribution is -2.05. The molecule has 0 saturated heterocycles. The normalized spacial score (nSPS) is 34.5. The van der Waals surface area contributed by atoms with Crippen molar-refractivity contribution in [2.24, 2.45) is 11.8 Å². The molecule has 2 atom stereocenters. The van der Waals surface area contributed by atoms with Gasteiger partial charge in [0.25, 0.3) is 0 Å². The topological polar surface area (TPSA) is 12.0 Å². The molecule has 1 N–H and O–H groups in total. The molecular formula is C11H17N. The van der Waals surface area contributed by atoms with Crippen LogP contribution in [0.25, 0.3) is 0 Å². The SMILES string of the molecule is C1=CC2CC2C2=C1NCC2.CC. The van der Waals surface area contributed by atoms with Gasteiger partial charge in [0.1, 0.15) is 0 Å². The number of allylic oxidation sites excluding steroid dienone is 2. The van der Waals surface area contributed by atoms with E-state index in [1.54, 1.807) is 5.57 Å². The van der Waals surface area contributed by atoms with Gasteiger partial charge in [0, 0.05) is 12.2 Å². The van der Waals surface area contributed by atoms with Crippen LogP contribution in [0.3, 0.4) is 0 Å². The van der Waals surface area contributed by atoms with Crippen molar-refractivity contribution >= 4 is 0 Å². The van der Waals surface area contributed by atoms with E-state index in [4.69, 9.17) is 0 Å². The van der Waals surface area contributed by atoms with E-state index in [1.807, 2.05) is 13.8 Å². The molecule has 3 rings (SSSR count). The van der Waals surface area contributed by atoms with Gasteiger partial charge in [0.15, 0.2) is 0 Å². The van der Waals surface area contributed by atoms with E-state index in [-0.39, 0.29) is 0 Å². The summed E-state index contributed by atoms with van der Waals surface area (Å²) in [5, 5.41) is 3.41. The van der Waals surface area contributed by atoms with Gasteiger partial charge in [-0.2, -0.15) is 0 Å². The zero-order chi connectivity index (χ0) is 8.55. The molecule has 1 fully saturated rings. The summed E-state index contributed by atoms with van der Waals surface area (Å²) < 4.78 is 0. The van der Waals surface area contributed by atoms with E-state index in [2.05, 4.69) is 17.5 Å². The molecule has 1 nitrogen and oxygen atoms in total. The smallest absolute Gasteiger partial charge is 0.0332 e. The van der Waals surface area contributed by atoms with Crippen LogP contribution in [0, 0.1) is 11.8 Å². The molecule has 2 unspecified atom stereocenters. The zero-order valence-electron chi connectivity index (χ0n) is 7.93. The highest BCUT2D eigenvalue weighted by molar-refractivity contribution is 5.39. The largest absolute Gasteiger partial charge is 0.385 e. The molecule has 0 bridgehead atoms. The van der Waals surface area contributed by atoms with E-state index < -0.39 is 0 Å². The second kappa shape index (κ2) is 2.96. The van der Waals surface area contributed by atoms with Gasteiger partial charge < -0.3 is 5.32 Å². The van der Waals surface area contributed by atoms with Gasteiger partial charge in [-0.05, 0) is 36.3 Å². The summed E-state index contributed by atoms with van der Waals surface area (Å²) >= 11 is 0. The van der Waals surface area contributed by atoms with Crippen molar-refractivity contribution in [3.63, 3.8) is 0 Å². The lowest BCUT2D eigenvalue weighted by atomic mass is 10.0. The first-order valence-corrected chi connectivity index (χ1v) is 5.10. The molecule has 0 aromatic heterocycles. The van der Waals surface area contributed by atoms with Gasteiger partial charge in [-0.3, -0.25) is 0 Å². The molecule has 1 saturated carbocycles. The maximum atomic E-state index is 3.41. The van der Waals surface area contributed by atoms with E-state index in [1.165, 1.54) is 25.1 Å². The molecule has 0 spiro atoms. The summed E-state index contributed by atoms with van der Waals surface area (Å²) in [5.41, 5.74) is 3.16. The Hall–Kier alpha value is -0.720. The van der Waals surface area contributed by atoms with E-state index >= 15 is 0 Å². The molecule has 1 heterocycles. The van der Waals surface area contributed by atoms with Crippen LogP contribution in [0.2, 0.25) is 0 Å². The standard InChI is InChI=1S/C9H11N.C2H6/c1-2-9-7(3-4-10-9)8-5-6(1)8;1-2/h1-2,6,8,10H,3-5H2;1-2H3. The first-order valence-electron chi connectivity index (χ1n) is 5.10. The first-order chi connectivity index (χ1) is 5.95. The maximum absolute atomic E-state index is 3.41. The Labute approximate surface area is 74.5 Å². The van der Waals surface area contributed by atoms with Gasteiger partial charge in [-0.1, -0.05) is 19.9 Å². The highest BCUT2D eigenvalue weighted by Gasteiger charge is 2.41. The average Bonchev–Trinajstić information content (AvgIpc) is 2.79. The predicted molar refractivity (Wildman–Crippen MR) is 51.7 cm³/mol. The second-order valence-corrected chi connectivity index (χ2v) is 3.48. The first kappa shape index (κ1) is 7.90. The van der Waals surface area contributed by atoms with E-state index in [0.717, 1.165) is 11.8 Å².